The number of carbonyl (C=O) groups is 1. The molecule has 0 aliphatic carbocycles. The van der Waals surface area contributed by atoms with Gasteiger partial charge in [0.25, 0.3) is 0 Å². The molecule has 4 heteroatoms. The first-order valence-corrected chi connectivity index (χ1v) is 5.64. The van der Waals surface area contributed by atoms with Crippen LogP contribution in [-0.4, -0.2) is 12.6 Å². The van der Waals surface area contributed by atoms with Gasteiger partial charge in [-0.15, -0.1) is 0 Å². The van der Waals surface area contributed by atoms with E-state index in [1.807, 2.05) is 13.0 Å². The number of fused-ring (bicyclic) bond motifs is 1. The second-order valence-electron chi connectivity index (χ2n) is 3.78. The largest absolute Gasteiger partial charge is 0.460 e. The van der Waals surface area contributed by atoms with E-state index in [9.17, 15) is 4.79 Å². The van der Waals surface area contributed by atoms with Gasteiger partial charge in [-0.05, 0) is 37.1 Å². The van der Waals surface area contributed by atoms with Crippen LogP contribution < -0.4 is 5.73 Å². The van der Waals surface area contributed by atoms with Crippen LogP contribution in [0.2, 0.25) is 0 Å². The Morgan fingerprint density at radius 3 is 2.76 bits per heavy atom. The average Bonchev–Trinajstić information content (AvgIpc) is 2.71. The van der Waals surface area contributed by atoms with Gasteiger partial charge in [0.05, 0.1) is 6.61 Å². The number of furan rings is 1. The van der Waals surface area contributed by atoms with Crippen molar-refractivity contribution in [1.82, 2.24) is 0 Å². The summed E-state index contributed by atoms with van der Waals surface area (Å²) in [6, 6.07) is 5.32. The molecule has 0 aliphatic heterocycles. The number of anilines is 1. The minimum absolute atomic E-state index is 0.224. The van der Waals surface area contributed by atoms with Crippen molar-refractivity contribution in [3.63, 3.8) is 0 Å². The highest BCUT2D eigenvalue weighted by Gasteiger charge is 2.15. The van der Waals surface area contributed by atoms with Gasteiger partial charge in [0.15, 0.2) is 0 Å². The summed E-state index contributed by atoms with van der Waals surface area (Å²) < 4.78 is 10.4. The van der Waals surface area contributed by atoms with E-state index in [-0.39, 0.29) is 5.76 Å². The predicted molar refractivity (Wildman–Crippen MR) is 66.0 cm³/mol. The lowest BCUT2D eigenvalue weighted by Crippen LogP contribution is -2.02. The van der Waals surface area contributed by atoms with Gasteiger partial charge < -0.3 is 14.9 Å². The van der Waals surface area contributed by atoms with Gasteiger partial charge in [0.2, 0.25) is 5.76 Å². The zero-order valence-electron chi connectivity index (χ0n) is 9.95. The maximum absolute atomic E-state index is 11.6. The van der Waals surface area contributed by atoms with E-state index in [1.165, 1.54) is 0 Å². The van der Waals surface area contributed by atoms with Crippen molar-refractivity contribution < 1.29 is 13.9 Å². The Balaban J connectivity index is 2.53. The van der Waals surface area contributed by atoms with Crippen molar-refractivity contribution in [3.05, 3.63) is 29.5 Å². The van der Waals surface area contributed by atoms with E-state index in [1.54, 1.807) is 19.1 Å². The number of rotatable bonds is 3. The highest BCUT2D eigenvalue weighted by atomic mass is 16.5. The maximum Gasteiger partial charge on any atom is 0.374 e. The standard InChI is InChI=1S/C13H15NO3/c1-3-8-5-10(14)6-9-7-11(17-12(8)9)13(15)16-4-2/h5-7H,3-4,14H2,1-2H3. The maximum atomic E-state index is 11.6. The van der Waals surface area contributed by atoms with Crippen LogP contribution in [0.3, 0.4) is 0 Å². The van der Waals surface area contributed by atoms with Crippen LogP contribution in [0, 0.1) is 0 Å². The van der Waals surface area contributed by atoms with Crippen LogP contribution in [0.1, 0.15) is 30.0 Å². The molecule has 0 amide bonds. The summed E-state index contributed by atoms with van der Waals surface area (Å²) in [7, 11) is 0. The molecule has 1 heterocycles. The van der Waals surface area contributed by atoms with Crippen molar-refractivity contribution in [2.24, 2.45) is 0 Å². The van der Waals surface area contributed by atoms with Gasteiger partial charge >= 0.3 is 5.97 Å². The van der Waals surface area contributed by atoms with Gasteiger partial charge in [-0.1, -0.05) is 6.92 Å². The molecule has 0 spiro atoms. The van der Waals surface area contributed by atoms with E-state index in [0.717, 1.165) is 17.4 Å². The Kier molecular flexibility index (Phi) is 3.04. The van der Waals surface area contributed by atoms with Gasteiger partial charge in [-0.2, -0.15) is 0 Å². The Morgan fingerprint density at radius 2 is 2.12 bits per heavy atom. The minimum atomic E-state index is -0.440. The normalized spacial score (nSPS) is 10.7. The number of aryl methyl sites for hydroxylation is 1. The fourth-order valence-corrected chi connectivity index (χ4v) is 1.82. The third-order valence-electron chi connectivity index (χ3n) is 2.57. The molecule has 2 rings (SSSR count). The first-order valence-electron chi connectivity index (χ1n) is 5.64. The van der Waals surface area contributed by atoms with Gasteiger partial charge in [-0.25, -0.2) is 4.79 Å². The number of esters is 1. The molecule has 0 fully saturated rings. The minimum Gasteiger partial charge on any atom is -0.460 e. The van der Waals surface area contributed by atoms with Crippen molar-refractivity contribution >= 4 is 22.6 Å². The second kappa shape index (κ2) is 4.49. The summed E-state index contributed by atoms with van der Waals surface area (Å²) in [6.45, 7) is 4.11. The van der Waals surface area contributed by atoms with Crippen molar-refractivity contribution in [2.45, 2.75) is 20.3 Å². The molecule has 4 nitrogen and oxygen atoms in total. The lowest BCUT2D eigenvalue weighted by molar-refractivity contribution is 0.0492. The summed E-state index contributed by atoms with van der Waals surface area (Å²) in [6.07, 6.45) is 0.803. The molecule has 0 unspecified atom stereocenters. The zero-order valence-corrected chi connectivity index (χ0v) is 9.95. The Morgan fingerprint density at radius 1 is 1.35 bits per heavy atom. The molecule has 1 aromatic heterocycles. The molecule has 2 aromatic rings. The molecule has 2 N–H and O–H groups in total. The molecule has 0 aliphatic rings. The monoisotopic (exact) mass is 233 g/mol. The van der Waals surface area contributed by atoms with E-state index < -0.39 is 5.97 Å². The number of ether oxygens (including phenoxy) is 1. The van der Waals surface area contributed by atoms with Crippen LogP contribution in [-0.2, 0) is 11.2 Å². The Hall–Kier alpha value is -1.97. The molecule has 90 valence electrons. The van der Waals surface area contributed by atoms with Gasteiger partial charge in [0, 0.05) is 11.1 Å². The Bertz CT molecular complexity index is 557. The Labute approximate surface area is 99.3 Å². The summed E-state index contributed by atoms with van der Waals surface area (Å²) in [5, 5.41) is 0.838. The molecule has 0 saturated carbocycles. The van der Waals surface area contributed by atoms with E-state index in [0.29, 0.717) is 17.9 Å². The van der Waals surface area contributed by atoms with Gasteiger partial charge in [0.1, 0.15) is 5.58 Å². The third-order valence-corrected chi connectivity index (χ3v) is 2.57. The quantitative estimate of drug-likeness (QED) is 0.654. The molecule has 0 saturated heterocycles. The predicted octanol–water partition coefficient (Wildman–Crippen LogP) is 2.75. The van der Waals surface area contributed by atoms with Crippen LogP contribution in [0.25, 0.3) is 11.0 Å². The number of hydrogen-bond acceptors (Lipinski definition) is 4. The third kappa shape index (κ3) is 2.11. The van der Waals surface area contributed by atoms with Crippen molar-refractivity contribution in [2.75, 3.05) is 12.3 Å². The number of nitrogen functional groups attached to an aromatic ring is 1. The fourth-order valence-electron chi connectivity index (χ4n) is 1.82. The summed E-state index contributed by atoms with van der Waals surface area (Å²) in [5.74, 6) is -0.216. The van der Waals surface area contributed by atoms with E-state index in [4.69, 9.17) is 14.9 Å². The van der Waals surface area contributed by atoms with Gasteiger partial charge in [-0.3, -0.25) is 0 Å². The fraction of sp³-hybridized carbons (Fsp3) is 0.308. The van der Waals surface area contributed by atoms with E-state index >= 15 is 0 Å². The van der Waals surface area contributed by atoms with Crippen LogP contribution in [0.15, 0.2) is 22.6 Å². The highest BCUT2D eigenvalue weighted by molar-refractivity contribution is 5.94. The van der Waals surface area contributed by atoms with Crippen LogP contribution >= 0.6 is 0 Å². The highest BCUT2D eigenvalue weighted by Crippen LogP contribution is 2.26. The number of nitrogens with two attached hydrogens (primary N) is 1. The average molecular weight is 233 g/mol. The summed E-state index contributed by atoms with van der Waals surface area (Å²) in [5.41, 5.74) is 8.17. The van der Waals surface area contributed by atoms with Crippen molar-refractivity contribution in [1.29, 1.82) is 0 Å². The second-order valence-corrected chi connectivity index (χ2v) is 3.78. The lowest BCUT2D eigenvalue weighted by Gasteiger charge is -2.00. The summed E-state index contributed by atoms with van der Waals surface area (Å²) in [4.78, 5) is 11.6. The first kappa shape index (κ1) is 11.5. The molecule has 0 atom stereocenters. The smallest absolute Gasteiger partial charge is 0.374 e. The van der Waals surface area contributed by atoms with Crippen LogP contribution in [0.4, 0.5) is 5.69 Å². The zero-order chi connectivity index (χ0) is 12.4. The molecule has 1 aromatic carbocycles. The van der Waals surface area contributed by atoms with Crippen molar-refractivity contribution in [3.8, 4) is 0 Å². The number of hydrogen-bond donors (Lipinski definition) is 1. The molecule has 0 bridgehead atoms. The number of benzene rings is 1. The van der Waals surface area contributed by atoms with Crippen LogP contribution in [0.5, 0.6) is 0 Å². The topological polar surface area (TPSA) is 65.5 Å². The number of carbonyl (C=O) groups excluding carboxylic acids is 1. The lowest BCUT2D eigenvalue weighted by atomic mass is 10.1. The molecular formula is C13H15NO3. The SMILES string of the molecule is CCOC(=O)c1cc2cc(N)cc(CC)c2o1. The molecule has 17 heavy (non-hydrogen) atoms. The first-order chi connectivity index (χ1) is 8.15. The molecule has 0 radical (unpaired) electrons. The van der Waals surface area contributed by atoms with E-state index in [2.05, 4.69) is 0 Å². The molecular weight excluding hydrogens is 218 g/mol. The summed E-state index contributed by atoms with van der Waals surface area (Å²) >= 11 is 0.